The molecule has 2 saturated heterocycles. The van der Waals surface area contributed by atoms with Crippen LogP contribution < -0.4 is 9.80 Å². The second-order valence-electron chi connectivity index (χ2n) is 11.8. The number of hydrogen-bond donors (Lipinski definition) is 1. The Balaban J connectivity index is 1.51. The van der Waals surface area contributed by atoms with E-state index >= 15 is 0 Å². The van der Waals surface area contributed by atoms with Gasteiger partial charge >= 0.3 is 11.4 Å². The molecule has 6 atom stereocenters. The van der Waals surface area contributed by atoms with Gasteiger partial charge in [-0.2, -0.15) is 0 Å². The van der Waals surface area contributed by atoms with E-state index in [1.54, 1.807) is 18.2 Å². The summed E-state index contributed by atoms with van der Waals surface area (Å²) in [7, 11) is 4.01. The molecule has 2 heterocycles. The number of anilines is 2. The number of halogens is 2. The maximum atomic E-state index is 14.2. The van der Waals surface area contributed by atoms with E-state index in [0.29, 0.717) is 10.5 Å². The number of aromatic hydroxyl groups is 1. The minimum atomic E-state index is -2.08. The Labute approximate surface area is 265 Å². The fourth-order valence-electron chi connectivity index (χ4n) is 7.53. The molecular weight excluding hydrogens is 633 g/mol. The van der Waals surface area contributed by atoms with Crippen LogP contribution in [0.3, 0.4) is 0 Å². The normalized spacial score (nSPS) is 30.6. The first kappa shape index (κ1) is 30.5. The maximum Gasteiger partial charge on any atom is 0.301 e. The molecule has 3 fully saturated rings. The maximum absolute atomic E-state index is 14.2. The van der Waals surface area contributed by atoms with Crippen LogP contribution in [-0.2, 0) is 19.2 Å². The first-order chi connectivity index (χ1) is 21.1. The number of hydrogen-bond acceptors (Lipinski definition) is 10. The van der Waals surface area contributed by atoms with Gasteiger partial charge in [-0.3, -0.25) is 44.3 Å². The zero-order valence-electron chi connectivity index (χ0n) is 24.0. The van der Waals surface area contributed by atoms with Crippen LogP contribution in [0.4, 0.5) is 22.7 Å². The third-order valence-corrected chi connectivity index (χ3v) is 10.8. The van der Waals surface area contributed by atoms with Crippen LogP contribution in [0.25, 0.3) is 0 Å². The van der Waals surface area contributed by atoms with Crippen molar-refractivity contribution in [3.8, 4) is 5.75 Å². The van der Waals surface area contributed by atoms with Gasteiger partial charge in [0.15, 0.2) is 15.4 Å². The lowest BCUT2D eigenvalue weighted by molar-refractivity contribution is -0.392. The number of phenolic OH excluding ortho intramolecular Hbond substituents is 1. The summed E-state index contributed by atoms with van der Waals surface area (Å²) in [5, 5.41) is 34.8. The Morgan fingerprint density at radius 2 is 1.56 bits per heavy atom. The largest absolute Gasteiger partial charge is 0.508 e. The van der Waals surface area contributed by atoms with E-state index in [1.165, 1.54) is 38.2 Å². The number of alkyl halides is 2. The van der Waals surface area contributed by atoms with Crippen LogP contribution in [0, 0.1) is 38.0 Å². The van der Waals surface area contributed by atoms with Crippen molar-refractivity contribution >= 4 is 69.6 Å². The van der Waals surface area contributed by atoms with Crippen LogP contribution in [0.1, 0.15) is 24.3 Å². The second-order valence-corrected chi connectivity index (χ2v) is 13.1. The Kier molecular flexibility index (Phi) is 6.75. The third kappa shape index (κ3) is 3.88. The Hall–Kier alpha value is -4.56. The van der Waals surface area contributed by atoms with E-state index in [-0.39, 0.29) is 35.5 Å². The number of benzene rings is 2. The molecule has 1 N–H and O–H groups in total. The molecule has 0 radical (unpaired) electrons. The number of allylic oxidation sites excluding steroid dienone is 2. The van der Waals surface area contributed by atoms with Crippen LogP contribution in [-0.4, -0.2) is 74.4 Å². The highest BCUT2D eigenvalue weighted by Crippen LogP contribution is 2.66. The Morgan fingerprint density at radius 1 is 0.956 bits per heavy atom. The van der Waals surface area contributed by atoms with E-state index in [1.807, 2.05) is 0 Å². The first-order valence-electron chi connectivity index (χ1n) is 13.8. The van der Waals surface area contributed by atoms with Crippen molar-refractivity contribution in [2.75, 3.05) is 30.9 Å². The summed E-state index contributed by atoms with van der Waals surface area (Å²) in [6.07, 6.45) is 1.34. The van der Waals surface area contributed by atoms with Gasteiger partial charge in [0.2, 0.25) is 11.8 Å². The van der Waals surface area contributed by atoms with E-state index < -0.39 is 78.3 Å². The van der Waals surface area contributed by atoms with Crippen LogP contribution in [0.2, 0.25) is 0 Å². The van der Waals surface area contributed by atoms with Gasteiger partial charge in [-0.25, -0.2) is 4.90 Å². The highest BCUT2D eigenvalue weighted by atomic mass is 35.5. The Bertz CT molecular complexity index is 1760. The number of nitro benzene ring substituents is 2. The summed E-state index contributed by atoms with van der Waals surface area (Å²) in [5.41, 5.74) is -1.40. The summed E-state index contributed by atoms with van der Waals surface area (Å²) < 4.78 is 0. The van der Waals surface area contributed by atoms with E-state index in [2.05, 4.69) is 0 Å². The van der Waals surface area contributed by atoms with Gasteiger partial charge in [0.05, 0.1) is 27.4 Å². The number of carbonyl (C=O) groups excluding carboxylic acids is 4. The van der Waals surface area contributed by atoms with Crippen LogP contribution in [0.15, 0.2) is 48.0 Å². The number of nitro groups is 2. The number of amides is 4. The average molecular weight is 658 g/mol. The van der Waals surface area contributed by atoms with Crippen molar-refractivity contribution in [3.05, 3.63) is 73.8 Å². The topological polar surface area (TPSA) is 185 Å². The molecule has 234 valence electrons. The molecule has 45 heavy (non-hydrogen) atoms. The minimum absolute atomic E-state index is 0.0120. The van der Waals surface area contributed by atoms with E-state index in [9.17, 15) is 44.5 Å². The molecule has 6 unspecified atom stereocenters. The van der Waals surface area contributed by atoms with E-state index in [4.69, 9.17) is 23.2 Å². The Morgan fingerprint density at radius 3 is 2.11 bits per heavy atom. The summed E-state index contributed by atoms with van der Waals surface area (Å²) in [6, 6.07) is 7.97. The van der Waals surface area contributed by atoms with Gasteiger partial charge in [-0.15, -0.1) is 23.2 Å². The van der Waals surface area contributed by atoms with Crippen molar-refractivity contribution in [2.24, 2.45) is 17.8 Å². The van der Waals surface area contributed by atoms with Crippen LogP contribution >= 0.6 is 23.2 Å². The lowest BCUT2D eigenvalue weighted by Gasteiger charge is -2.50. The van der Waals surface area contributed by atoms with Crippen LogP contribution in [0.5, 0.6) is 5.75 Å². The highest BCUT2D eigenvalue weighted by molar-refractivity contribution is 6.53. The number of fused-ring (bicyclic) bond motifs is 4. The summed E-state index contributed by atoms with van der Waals surface area (Å²) >= 11 is 14.2. The molecule has 2 aromatic rings. The molecule has 0 spiro atoms. The fraction of sp³-hybridized carbons (Fsp3) is 0.379. The fourth-order valence-corrected chi connectivity index (χ4v) is 8.54. The van der Waals surface area contributed by atoms with Crippen molar-refractivity contribution < 1.29 is 34.1 Å². The molecule has 0 bridgehead atoms. The monoisotopic (exact) mass is 657 g/mol. The smallest absolute Gasteiger partial charge is 0.301 e. The van der Waals surface area contributed by atoms with Crippen molar-refractivity contribution in [2.45, 2.75) is 28.5 Å². The molecule has 2 aliphatic carbocycles. The standard InChI is InChI=1S/C29H25Cl2N5O9/c1-32(2)23-18(35(42)43)10-13(11-19(23)36(44)45)34-24(38)16-9-8-14-17(21(16)25(34)39)12-28(30)26(40)33(3)27(41)29(28,31)22(14)15-6-4-5-7-20(15)37/h4-8,10-11,16-17,21-22,37H,9,12H2,1-3H3. The third-order valence-electron chi connectivity index (χ3n) is 9.42. The number of nitrogens with zero attached hydrogens (tertiary/aromatic N) is 5. The molecule has 14 nitrogen and oxygen atoms in total. The predicted molar refractivity (Wildman–Crippen MR) is 160 cm³/mol. The van der Waals surface area contributed by atoms with Gasteiger partial charge in [-0.1, -0.05) is 29.8 Å². The molecule has 6 rings (SSSR count). The molecule has 4 aliphatic rings. The molecule has 4 amide bonds. The van der Waals surface area contributed by atoms with Gasteiger partial charge in [0.1, 0.15) is 5.75 Å². The molecule has 2 aliphatic heterocycles. The molecule has 1 saturated carbocycles. The highest BCUT2D eigenvalue weighted by Gasteiger charge is 2.76. The van der Waals surface area contributed by atoms with Crippen molar-refractivity contribution in [1.29, 1.82) is 0 Å². The molecular formula is C29H25Cl2N5O9. The molecule has 2 aromatic carbocycles. The average Bonchev–Trinajstić information content (AvgIpc) is 3.31. The lowest BCUT2D eigenvalue weighted by atomic mass is 9.56. The predicted octanol–water partition coefficient (Wildman–Crippen LogP) is 3.47. The number of likely N-dealkylation sites (tertiary alicyclic amines) is 1. The quantitative estimate of drug-likeness (QED) is 0.164. The number of carbonyl (C=O) groups is 4. The lowest BCUT2D eigenvalue weighted by Crippen LogP contribution is -2.60. The summed E-state index contributed by atoms with van der Waals surface area (Å²) in [5.74, 6) is -7.59. The second kappa shape index (κ2) is 9.97. The number of para-hydroxylation sites is 1. The zero-order valence-corrected chi connectivity index (χ0v) is 25.5. The van der Waals surface area contributed by atoms with Gasteiger partial charge < -0.3 is 10.0 Å². The van der Waals surface area contributed by atoms with Crippen molar-refractivity contribution in [1.82, 2.24) is 4.90 Å². The number of rotatable bonds is 5. The van der Waals surface area contributed by atoms with Gasteiger partial charge in [-0.05, 0) is 24.8 Å². The number of imide groups is 2. The summed E-state index contributed by atoms with van der Waals surface area (Å²) in [4.78, 5) is 76.1. The van der Waals surface area contributed by atoms with Crippen molar-refractivity contribution in [3.63, 3.8) is 0 Å². The van der Waals surface area contributed by atoms with E-state index in [0.717, 1.165) is 17.0 Å². The zero-order chi connectivity index (χ0) is 32.9. The van der Waals surface area contributed by atoms with Gasteiger partial charge in [0.25, 0.3) is 11.8 Å². The number of phenols is 1. The molecule has 0 aromatic heterocycles. The minimum Gasteiger partial charge on any atom is -0.508 e. The summed E-state index contributed by atoms with van der Waals surface area (Å²) in [6.45, 7) is 0. The van der Waals surface area contributed by atoms with Gasteiger partial charge in [0, 0.05) is 44.8 Å². The SMILES string of the molecule is CN1C(=O)C2(Cl)CC3C(=CCC4C(=O)N(c5cc([N+](=O)[O-])c(N(C)C)c([N+](=O)[O-])c5)C(=O)C43)C(c3ccccc3O)C2(Cl)C1=O. The molecule has 16 heteroatoms. The first-order valence-corrected chi connectivity index (χ1v) is 14.5.